The molecular weight excluding hydrogens is 497 g/mol. The van der Waals surface area contributed by atoms with E-state index in [1.54, 1.807) is 6.07 Å². The quantitative estimate of drug-likeness (QED) is 0.467. The summed E-state index contributed by atoms with van der Waals surface area (Å²) in [6.45, 7) is 6.73. The van der Waals surface area contributed by atoms with Crippen LogP contribution in [-0.4, -0.2) is 60.2 Å². The Labute approximate surface area is 232 Å². The van der Waals surface area contributed by atoms with Crippen LogP contribution in [-0.2, 0) is 29.0 Å². The van der Waals surface area contributed by atoms with Crippen LogP contribution in [0.3, 0.4) is 0 Å². The standard InChI is InChI=1S/C31H44FN3O4/c1-3-13-35-14-5-6-15-39-27-18-25(17-26(32)20-27)19-28(34-30(37)11-8-12-31(35)38)29(36)22-33-21-24-10-7-9-23(4-2)16-24/h7,9-10,16-18,20,28-29,33,36H,3-6,8,11-15,19,21-22H2,1-2H3,(H,34,37)/t28?,29-/m1/s1. The summed E-state index contributed by atoms with van der Waals surface area (Å²) >= 11 is 0. The number of aliphatic hydroxyl groups excluding tert-OH is 1. The minimum atomic E-state index is -0.903. The first-order valence-corrected chi connectivity index (χ1v) is 14.3. The second-order valence-electron chi connectivity index (χ2n) is 10.3. The lowest BCUT2D eigenvalue weighted by molar-refractivity contribution is -0.131. The predicted molar refractivity (Wildman–Crippen MR) is 151 cm³/mol. The van der Waals surface area contributed by atoms with Crippen LogP contribution in [0.2, 0.25) is 0 Å². The Morgan fingerprint density at radius 3 is 2.72 bits per heavy atom. The smallest absolute Gasteiger partial charge is 0.222 e. The third kappa shape index (κ3) is 10.6. The average Bonchev–Trinajstić information content (AvgIpc) is 2.91. The van der Waals surface area contributed by atoms with E-state index < -0.39 is 18.0 Å². The van der Waals surface area contributed by atoms with Crippen molar-refractivity contribution in [3.05, 3.63) is 65.0 Å². The van der Waals surface area contributed by atoms with E-state index in [2.05, 4.69) is 29.7 Å². The fourth-order valence-corrected chi connectivity index (χ4v) is 4.89. The molecule has 7 nitrogen and oxygen atoms in total. The number of hydrogen-bond donors (Lipinski definition) is 3. The lowest BCUT2D eigenvalue weighted by Gasteiger charge is -2.25. The van der Waals surface area contributed by atoms with Crippen LogP contribution in [0.25, 0.3) is 0 Å². The third-order valence-electron chi connectivity index (χ3n) is 7.01. The number of carbonyl (C=O) groups is 2. The summed E-state index contributed by atoms with van der Waals surface area (Å²) in [7, 11) is 0. The van der Waals surface area contributed by atoms with Gasteiger partial charge in [0.2, 0.25) is 11.8 Å². The molecule has 0 fully saturated rings. The van der Waals surface area contributed by atoms with Gasteiger partial charge in [-0.15, -0.1) is 0 Å². The minimum absolute atomic E-state index is 0.0523. The van der Waals surface area contributed by atoms with E-state index in [-0.39, 0.29) is 31.2 Å². The second kappa shape index (κ2) is 16.2. The van der Waals surface area contributed by atoms with Gasteiger partial charge in [-0.3, -0.25) is 9.59 Å². The highest BCUT2D eigenvalue weighted by Crippen LogP contribution is 2.19. The molecule has 2 atom stereocenters. The molecule has 8 heteroatoms. The summed E-state index contributed by atoms with van der Waals surface area (Å²) in [6.07, 6.45) is 3.62. The van der Waals surface area contributed by atoms with Crippen molar-refractivity contribution in [2.75, 3.05) is 26.2 Å². The number of benzene rings is 2. The van der Waals surface area contributed by atoms with Crippen LogP contribution in [0.4, 0.5) is 4.39 Å². The van der Waals surface area contributed by atoms with Crippen molar-refractivity contribution in [3.63, 3.8) is 0 Å². The Hall–Kier alpha value is -2.97. The van der Waals surface area contributed by atoms with Crippen molar-refractivity contribution in [3.8, 4) is 5.75 Å². The molecule has 214 valence electrons. The zero-order valence-corrected chi connectivity index (χ0v) is 23.4. The molecule has 1 aliphatic rings. The second-order valence-corrected chi connectivity index (χ2v) is 10.3. The largest absolute Gasteiger partial charge is 0.493 e. The maximum absolute atomic E-state index is 14.4. The normalized spacial score (nSPS) is 18.7. The molecule has 1 aliphatic heterocycles. The van der Waals surface area contributed by atoms with Crippen molar-refractivity contribution >= 4 is 11.8 Å². The van der Waals surface area contributed by atoms with Crippen LogP contribution in [0.5, 0.6) is 5.75 Å². The van der Waals surface area contributed by atoms with Crippen molar-refractivity contribution < 1.29 is 23.8 Å². The first-order chi connectivity index (χ1) is 18.9. The number of aryl methyl sites for hydroxylation is 1. The number of hydrogen-bond acceptors (Lipinski definition) is 5. The number of carbonyl (C=O) groups excluding carboxylic acids is 2. The summed E-state index contributed by atoms with van der Waals surface area (Å²) in [4.78, 5) is 27.4. The highest BCUT2D eigenvalue weighted by molar-refractivity contribution is 5.79. The zero-order chi connectivity index (χ0) is 28.0. The molecule has 1 unspecified atom stereocenters. The molecule has 0 spiro atoms. The summed E-state index contributed by atoms with van der Waals surface area (Å²) in [5.74, 6) is -0.184. The zero-order valence-electron chi connectivity index (χ0n) is 23.4. The number of fused-ring (bicyclic) bond motifs is 2. The van der Waals surface area contributed by atoms with Gasteiger partial charge in [-0.1, -0.05) is 38.1 Å². The van der Waals surface area contributed by atoms with Crippen LogP contribution in [0.15, 0.2) is 42.5 Å². The molecule has 0 radical (unpaired) electrons. The molecule has 1 heterocycles. The van der Waals surface area contributed by atoms with Gasteiger partial charge in [0, 0.05) is 45.1 Å². The first-order valence-electron chi connectivity index (χ1n) is 14.3. The maximum atomic E-state index is 14.4. The Bertz CT molecular complexity index is 1060. The van der Waals surface area contributed by atoms with Gasteiger partial charge in [0.1, 0.15) is 11.6 Å². The monoisotopic (exact) mass is 541 g/mol. The van der Waals surface area contributed by atoms with Crippen LogP contribution in [0.1, 0.15) is 69.1 Å². The topological polar surface area (TPSA) is 90.9 Å². The molecule has 2 aromatic carbocycles. The van der Waals surface area contributed by atoms with Crippen LogP contribution in [0, 0.1) is 5.82 Å². The number of amides is 2. The van der Waals surface area contributed by atoms with Gasteiger partial charge in [-0.2, -0.15) is 0 Å². The summed E-state index contributed by atoms with van der Waals surface area (Å²) in [5.41, 5.74) is 3.00. The van der Waals surface area contributed by atoms with Crippen LogP contribution >= 0.6 is 0 Å². The number of nitrogens with zero attached hydrogens (tertiary/aromatic N) is 1. The molecule has 0 aromatic heterocycles. The van der Waals surface area contributed by atoms with Gasteiger partial charge in [-0.05, 0) is 67.3 Å². The Balaban J connectivity index is 1.71. The fourth-order valence-electron chi connectivity index (χ4n) is 4.89. The van der Waals surface area contributed by atoms with E-state index in [1.165, 1.54) is 17.7 Å². The molecule has 2 amide bonds. The molecule has 0 saturated carbocycles. The van der Waals surface area contributed by atoms with E-state index in [0.717, 1.165) is 31.2 Å². The number of rotatable bonds is 8. The number of nitrogens with one attached hydrogen (secondary N) is 2. The predicted octanol–water partition coefficient (Wildman–Crippen LogP) is 4.15. The van der Waals surface area contributed by atoms with Gasteiger partial charge >= 0.3 is 0 Å². The number of halogens is 1. The van der Waals surface area contributed by atoms with Crippen molar-refractivity contribution in [2.45, 2.75) is 83.9 Å². The lowest BCUT2D eigenvalue weighted by Crippen LogP contribution is -2.48. The van der Waals surface area contributed by atoms with Gasteiger partial charge in [0.25, 0.3) is 0 Å². The summed E-state index contributed by atoms with van der Waals surface area (Å²) in [5, 5.41) is 17.3. The minimum Gasteiger partial charge on any atom is -0.493 e. The van der Waals surface area contributed by atoms with Gasteiger partial charge < -0.3 is 25.4 Å². The van der Waals surface area contributed by atoms with E-state index in [9.17, 15) is 19.1 Å². The van der Waals surface area contributed by atoms with Gasteiger partial charge in [-0.25, -0.2) is 4.39 Å². The molecular formula is C31H44FN3O4. The Morgan fingerprint density at radius 1 is 1.10 bits per heavy atom. The van der Waals surface area contributed by atoms with Crippen LogP contribution < -0.4 is 15.4 Å². The van der Waals surface area contributed by atoms with Gasteiger partial charge in [0.05, 0.1) is 18.8 Å². The van der Waals surface area contributed by atoms with Crippen molar-refractivity contribution in [2.24, 2.45) is 0 Å². The molecule has 2 aromatic rings. The van der Waals surface area contributed by atoms with Gasteiger partial charge in [0.15, 0.2) is 0 Å². The summed E-state index contributed by atoms with van der Waals surface area (Å²) < 4.78 is 20.3. The molecule has 0 aliphatic carbocycles. The van der Waals surface area contributed by atoms with Crippen molar-refractivity contribution in [1.82, 2.24) is 15.5 Å². The van der Waals surface area contributed by atoms with E-state index >= 15 is 0 Å². The maximum Gasteiger partial charge on any atom is 0.222 e. The molecule has 3 N–H and O–H groups in total. The Morgan fingerprint density at radius 2 is 1.92 bits per heavy atom. The van der Waals surface area contributed by atoms with E-state index in [4.69, 9.17) is 4.74 Å². The Kier molecular flexibility index (Phi) is 12.7. The van der Waals surface area contributed by atoms with E-state index in [1.807, 2.05) is 24.0 Å². The summed E-state index contributed by atoms with van der Waals surface area (Å²) in [6, 6.07) is 12.2. The first kappa shape index (κ1) is 30.6. The molecule has 2 bridgehead atoms. The average molecular weight is 542 g/mol. The highest BCUT2D eigenvalue weighted by Gasteiger charge is 2.23. The number of aliphatic hydroxyl groups is 1. The molecule has 39 heavy (non-hydrogen) atoms. The molecule has 0 saturated heterocycles. The highest BCUT2D eigenvalue weighted by atomic mass is 19.1. The number of ether oxygens (including phenoxy) is 1. The lowest BCUT2D eigenvalue weighted by atomic mass is 10.00. The third-order valence-corrected chi connectivity index (χ3v) is 7.01. The van der Waals surface area contributed by atoms with Crippen molar-refractivity contribution in [1.29, 1.82) is 0 Å². The molecule has 3 rings (SSSR count). The fraction of sp³-hybridized carbons (Fsp3) is 0.548. The van der Waals surface area contributed by atoms with E-state index in [0.29, 0.717) is 50.4 Å². The SMILES string of the molecule is CCCN1CCCCOc2cc(F)cc(c2)CC([C@H](O)CNCc2cccc(CC)c2)NC(=O)CCCC1=O.